The Morgan fingerprint density at radius 3 is 2.28 bits per heavy atom. The van der Waals surface area contributed by atoms with Crippen LogP contribution >= 0.6 is 0 Å². The maximum Gasteiger partial charge on any atom is 0.302 e. The summed E-state index contributed by atoms with van der Waals surface area (Å²) in [4.78, 5) is 36.1. The molecule has 0 radical (unpaired) electrons. The van der Waals surface area contributed by atoms with Gasteiger partial charge in [-0.2, -0.15) is 0 Å². The molecular formula is C31H31N3O5. The molecule has 1 atom stereocenters. The maximum atomic E-state index is 13.5. The van der Waals surface area contributed by atoms with E-state index >= 15 is 0 Å². The number of hydrogen-bond donors (Lipinski definition) is 2. The Labute approximate surface area is 226 Å². The van der Waals surface area contributed by atoms with Crippen molar-refractivity contribution in [3.63, 3.8) is 0 Å². The molecule has 1 aromatic heterocycles. The van der Waals surface area contributed by atoms with E-state index in [0.717, 1.165) is 11.1 Å². The number of hydrogen-bond acceptors (Lipinski definition) is 6. The summed E-state index contributed by atoms with van der Waals surface area (Å²) in [6, 6.07) is 18.8. The number of H-pyrrole nitrogens is 1. The molecule has 0 bridgehead atoms. The lowest BCUT2D eigenvalue weighted by Gasteiger charge is -2.23. The van der Waals surface area contributed by atoms with Gasteiger partial charge in [0.1, 0.15) is 17.3 Å². The third-order valence-electron chi connectivity index (χ3n) is 6.43. The van der Waals surface area contributed by atoms with Crippen LogP contribution in [0.4, 0.5) is 5.95 Å². The summed E-state index contributed by atoms with van der Waals surface area (Å²) in [6.45, 7) is 9.61. The van der Waals surface area contributed by atoms with Crippen LogP contribution in [0.5, 0.6) is 11.5 Å². The summed E-state index contributed by atoms with van der Waals surface area (Å²) in [7, 11) is 0. The van der Waals surface area contributed by atoms with Crippen molar-refractivity contribution in [2.24, 2.45) is 0 Å². The summed E-state index contributed by atoms with van der Waals surface area (Å²) in [5.41, 5.74) is 3.20. The number of Topliss-reactive ketones (excluding diaryl/α,β-unsaturated/α-hetero) is 1. The van der Waals surface area contributed by atoms with Gasteiger partial charge in [0, 0.05) is 5.56 Å². The number of nitrogens with zero attached hydrogens (tertiary/aromatic N) is 2. The number of anilines is 1. The van der Waals surface area contributed by atoms with E-state index in [0.29, 0.717) is 28.1 Å². The molecule has 0 aliphatic carbocycles. The lowest BCUT2D eigenvalue weighted by molar-refractivity contribution is -0.132. The van der Waals surface area contributed by atoms with E-state index in [1.165, 1.54) is 4.90 Å². The highest BCUT2D eigenvalue weighted by Gasteiger charge is 2.48. The fraction of sp³-hybridized carbons (Fsp3) is 0.258. The summed E-state index contributed by atoms with van der Waals surface area (Å²) < 4.78 is 11.6. The molecule has 4 aromatic rings. The van der Waals surface area contributed by atoms with Gasteiger partial charge in [0.05, 0.1) is 34.9 Å². The lowest BCUT2D eigenvalue weighted by Crippen LogP contribution is -2.30. The molecular weight excluding hydrogens is 494 g/mol. The number of aliphatic hydroxyl groups excluding tert-OH is 1. The summed E-state index contributed by atoms with van der Waals surface area (Å²) in [5, 5.41) is 11.5. The molecule has 2 heterocycles. The highest BCUT2D eigenvalue weighted by atomic mass is 16.5. The molecule has 1 amide bonds. The molecule has 8 nitrogen and oxygen atoms in total. The van der Waals surface area contributed by atoms with Crippen LogP contribution in [-0.4, -0.2) is 39.0 Å². The summed E-state index contributed by atoms with van der Waals surface area (Å²) >= 11 is 0. The number of amides is 1. The number of aromatic amines is 1. The number of aryl methyl sites for hydroxylation is 1. The molecule has 1 aliphatic heterocycles. The minimum atomic E-state index is -0.912. The van der Waals surface area contributed by atoms with Crippen LogP contribution in [0.3, 0.4) is 0 Å². The van der Waals surface area contributed by atoms with Crippen LogP contribution in [0.1, 0.15) is 50.4 Å². The number of ether oxygens (including phenoxy) is 2. The summed E-state index contributed by atoms with van der Waals surface area (Å²) in [6.07, 6.45) is -0.0251. The number of benzene rings is 3. The SMILES string of the molecule is Cc1cc(/C(O)=C2\C(=O)C(=O)N(c3nc4ccccc4[nH]3)C2c2ccc(OC(C)C)cc2)ccc1OC(C)C. The molecule has 3 aromatic carbocycles. The molecule has 39 heavy (non-hydrogen) atoms. The van der Waals surface area contributed by atoms with Crippen molar-refractivity contribution in [1.29, 1.82) is 0 Å². The van der Waals surface area contributed by atoms with Gasteiger partial charge in [-0.15, -0.1) is 0 Å². The third kappa shape index (κ3) is 4.97. The van der Waals surface area contributed by atoms with E-state index in [9.17, 15) is 14.7 Å². The quantitative estimate of drug-likeness (QED) is 0.172. The second-order valence-corrected chi connectivity index (χ2v) is 10.1. The molecule has 1 aliphatic rings. The fourth-order valence-electron chi connectivity index (χ4n) is 4.76. The Morgan fingerprint density at radius 1 is 0.949 bits per heavy atom. The van der Waals surface area contributed by atoms with Gasteiger partial charge in [0.25, 0.3) is 5.78 Å². The number of para-hydroxylation sites is 2. The highest BCUT2D eigenvalue weighted by Crippen LogP contribution is 2.42. The van der Waals surface area contributed by atoms with Gasteiger partial charge in [0.15, 0.2) is 0 Å². The van der Waals surface area contributed by atoms with E-state index in [-0.39, 0.29) is 29.5 Å². The molecule has 200 valence electrons. The zero-order valence-corrected chi connectivity index (χ0v) is 22.6. The summed E-state index contributed by atoms with van der Waals surface area (Å²) in [5.74, 6) is -0.270. The smallest absolute Gasteiger partial charge is 0.302 e. The van der Waals surface area contributed by atoms with E-state index in [2.05, 4.69) is 9.97 Å². The van der Waals surface area contributed by atoms with Gasteiger partial charge in [-0.05, 0) is 88.2 Å². The number of ketones is 1. The average Bonchev–Trinajstić information content (AvgIpc) is 3.43. The second kappa shape index (κ2) is 10.3. The number of fused-ring (bicyclic) bond motifs is 1. The van der Waals surface area contributed by atoms with Crippen molar-refractivity contribution in [1.82, 2.24) is 9.97 Å². The van der Waals surface area contributed by atoms with Crippen LogP contribution in [0.25, 0.3) is 16.8 Å². The first kappa shape index (κ1) is 26.0. The first-order chi connectivity index (χ1) is 18.6. The Bertz CT molecular complexity index is 1550. The first-order valence-electron chi connectivity index (χ1n) is 12.9. The van der Waals surface area contributed by atoms with Gasteiger partial charge in [-0.3, -0.25) is 14.5 Å². The number of carbonyl (C=O) groups excluding carboxylic acids is 2. The number of rotatable bonds is 7. The number of imidazole rings is 1. The molecule has 1 unspecified atom stereocenters. The van der Waals surface area contributed by atoms with E-state index in [1.54, 1.807) is 42.5 Å². The van der Waals surface area contributed by atoms with Gasteiger partial charge in [0.2, 0.25) is 5.95 Å². The third-order valence-corrected chi connectivity index (χ3v) is 6.43. The van der Waals surface area contributed by atoms with E-state index in [1.807, 2.05) is 58.9 Å². The second-order valence-electron chi connectivity index (χ2n) is 10.1. The topological polar surface area (TPSA) is 105 Å². The van der Waals surface area contributed by atoms with Crippen molar-refractivity contribution < 1.29 is 24.2 Å². The monoisotopic (exact) mass is 525 g/mol. The Kier molecular flexibility index (Phi) is 6.87. The number of carbonyl (C=O) groups is 2. The number of nitrogens with one attached hydrogen (secondary N) is 1. The molecule has 0 spiro atoms. The van der Waals surface area contributed by atoms with Crippen LogP contribution in [-0.2, 0) is 9.59 Å². The van der Waals surface area contributed by atoms with Crippen molar-refractivity contribution in [2.45, 2.75) is 52.9 Å². The van der Waals surface area contributed by atoms with Crippen LogP contribution in [0.2, 0.25) is 0 Å². The Morgan fingerprint density at radius 2 is 1.64 bits per heavy atom. The largest absolute Gasteiger partial charge is 0.507 e. The van der Waals surface area contributed by atoms with Crippen molar-refractivity contribution in [3.05, 3.63) is 89.0 Å². The average molecular weight is 526 g/mol. The van der Waals surface area contributed by atoms with Crippen LogP contribution in [0.15, 0.2) is 72.3 Å². The van der Waals surface area contributed by atoms with Crippen molar-refractivity contribution in [2.75, 3.05) is 4.90 Å². The molecule has 1 fully saturated rings. The van der Waals surface area contributed by atoms with Gasteiger partial charge >= 0.3 is 5.91 Å². The number of aliphatic hydroxyl groups is 1. The predicted octanol–water partition coefficient (Wildman–Crippen LogP) is 6.07. The Balaban J connectivity index is 1.66. The predicted molar refractivity (Wildman–Crippen MR) is 150 cm³/mol. The Hall–Kier alpha value is -4.59. The van der Waals surface area contributed by atoms with Gasteiger partial charge < -0.3 is 19.6 Å². The normalized spacial score (nSPS) is 17.0. The number of aromatic nitrogens is 2. The van der Waals surface area contributed by atoms with Crippen LogP contribution < -0.4 is 14.4 Å². The van der Waals surface area contributed by atoms with Gasteiger partial charge in [-0.1, -0.05) is 24.3 Å². The zero-order valence-electron chi connectivity index (χ0n) is 22.6. The molecule has 0 saturated carbocycles. The molecule has 2 N–H and O–H groups in total. The maximum absolute atomic E-state index is 13.5. The van der Waals surface area contributed by atoms with Crippen LogP contribution in [0, 0.1) is 6.92 Å². The van der Waals surface area contributed by atoms with E-state index in [4.69, 9.17) is 9.47 Å². The standard InChI is InChI=1S/C31H31N3O5/c1-17(2)38-22-13-10-20(11-14-22)27-26(28(35)21-12-15-25(19(5)16-21)39-18(3)4)29(36)30(37)34(27)31-32-23-8-6-7-9-24(23)33-31/h6-18,27,35H,1-5H3,(H,32,33)/b28-26+. The lowest BCUT2D eigenvalue weighted by atomic mass is 9.94. The van der Waals surface area contributed by atoms with Gasteiger partial charge in [-0.25, -0.2) is 4.98 Å². The minimum Gasteiger partial charge on any atom is -0.507 e. The van der Waals surface area contributed by atoms with Crippen molar-refractivity contribution >= 4 is 34.4 Å². The van der Waals surface area contributed by atoms with Crippen molar-refractivity contribution in [3.8, 4) is 11.5 Å². The molecule has 1 saturated heterocycles. The fourth-order valence-corrected chi connectivity index (χ4v) is 4.76. The first-order valence-corrected chi connectivity index (χ1v) is 12.9. The van der Waals surface area contributed by atoms with E-state index < -0.39 is 17.7 Å². The molecule has 5 rings (SSSR count). The highest BCUT2D eigenvalue weighted by molar-refractivity contribution is 6.51. The zero-order chi connectivity index (χ0) is 27.8. The molecule has 8 heteroatoms. The minimum absolute atomic E-state index is 0.0112.